The second-order valence-corrected chi connectivity index (χ2v) is 3.46. The van der Waals surface area contributed by atoms with E-state index in [1.807, 2.05) is 0 Å². The van der Waals surface area contributed by atoms with Crippen LogP contribution in [-0.4, -0.2) is 25.3 Å². The smallest absolute Gasteiger partial charge is 0.186 e. The first-order valence-electron chi connectivity index (χ1n) is 4.41. The van der Waals surface area contributed by atoms with Crippen molar-refractivity contribution in [1.82, 2.24) is 20.2 Å². The summed E-state index contributed by atoms with van der Waals surface area (Å²) in [6, 6.07) is 4.64. The molecule has 16 heavy (non-hydrogen) atoms. The van der Waals surface area contributed by atoms with Crippen LogP contribution >= 0.6 is 11.6 Å². The van der Waals surface area contributed by atoms with E-state index in [9.17, 15) is 5.11 Å². The van der Waals surface area contributed by atoms with Gasteiger partial charge in [0.25, 0.3) is 0 Å². The summed E-state index contributed by atoms with van der Waals surface area (Å²) in [4.78, 5) is 0. The van der Waals surface area contributed by atoms with Gasteiger partial charge in [-0.1, -0.05) is 17.5 Å². The lowest BCUT2D eigenvalue weighted by Crippen LogP contribution is -2.01. The summed E-state index contributed by atoms with van der Waals surface area (Å²) in [5.41, 5.74) is 0.452. The molecule has 2 aromatic rings. The molecule has 0 atom stereocenters. The van der Waals surface area contributed by atoms with Crippen molar-refractivity contribution in [2.24, 2.45) is 0 Å². The molecular formula is C10H7ClN4O. The summed E-state index contributed by atoms with van der Waals surface area (Å²) in [5, 5.41) is 21.2. The van der Waals surface area contributed by atoms with Gasteiger partial charge in [-0.15, -0.1) is 11.5 Å². The van der Waals surface area contributed by atoms with E-state index in [1.165, 1.54) is 10.7 Å². The summed E-state index contributed by atoms with van der Waals surface area (Å²) < 4.78 is 1.41. The summed E-state index contributed by atoms with van der Waals surface area (Å²) in [6.45, 7) is 0.230. The van der Waals surface area contributed by atoms with E-state index >= 15 is 0 Å². The van der Waals surface area contributed by atoms with Crippen LogP contribution in [0, 0.1) is 12.3 Å². The van der Waals surface area contributed by atoms with Gasteiger partial charge in [-0.05, 0) is 28.6 Å². The minimum absolute atomic E-state index is 0.0532. The largest absolute Gasteiger partial charge is 0.507 e. The number of nitrogens with zero attached hydrogens (tertiary/aromatic N) is 4. The van der Waals surface area contributed by atoms with Crippen molar-refractivity contribution in [2.45, 2.75) is 6.54 Å². The molecule has 1 aromatic carbocycles. The molecular weight excluding hydrogens is 228 g/mol. The third kappa shape index (κ3) is 1.83. The van der Waals surface area contributed by atoms with Crippen molar-refractivity contribution in [3.05, 3.63) is 23.2 Å². The molecule has 1 N–H and O–H groups in total. The molecule has 80 valence electrons. The second-order valence-electron chi connectivity index (χ2n) is 3.03. The van der Waals surface area contributed by atoms with Gasteiger partial charge in [-0.25, -0.2) is 4.68 Å². The molecule has 0 aliphatic rings. The summed E-state index contributed by atoms with van der Waals surface area (Å²) in [6.07, 6.45) is 5.18. The van der Waals surface area contributed by atoms with Crippen LogP contribution < -0.4 is 0 Å². The molecule has 0 aliphatic heterocycles. The number of benzene rings is 1. The van der Waals surface area contributed by atoms with E-state index in [-0.39, 0.29) is 12.3 Å². The number of phenols is 1. The molecule has 0 fully saturated rings. The minimum atomic E-state index is 0.0532. The molecule has 0 saturated carbocycles. The Morgan fingerprint density at radius 1 is 1.50 bits per heavy atom. The average molecular weight is 235 g/mol. The van der Waals surface area contributed by atoms with Gasteiger partial charge in [0.05, 0.1) is 5.56 Å². The van der Waals surface area contributed by atoms with E-state index < -0.39 is 0 Å². The number of terminal acetylenes is 1. The molecule has 0 unspecified atom stereocenters. The van der Waals surface area contributed by atoms with Gasteiger partial charge in [0.15, 0.2) is 5.82 Å². The normalized spacial score (nSPS) is 10.0. The van der Waals surface area contributed by atoms with Crippen molar-refractivity contribution < 1.29 is 5.11 Å². The SMILES string of the molecule is C#CCn1nnnc1-c1cc(Cl)ccc1O. The first kappa shape index (κ1) is 10.5. The standard InChI is InChI=1S/C10H7ClN4O/c1-2-5-15-10(12-13-14-15)8-6-7(11)3-4-9(8)16/h1,3-4,6,16H,5H2. The number of rotatable bonds is 2. The monoisotopic (exact) mass is 234 g/mol. The zero-order valence-electron chi connectivity index (χ0n) is 8.13. The van der Waals surface area contributed by atoms with Crippen LogP contribution in [0.3, 0.4) is 0 Å². The van der Waals surface area contributed by atoms with Gasteiger partial charge >= 0.3 is 0 Å². The fraction of sp³-hybridized carbons (Fsp3) is 0.100. The summed E-state index contributed by atoms with van der Waals surface area (Å²) in [5.74, 6) is 2.86. The maximum Gasteiger partial charge on any atom is 0.186 e. The zero-order valence-corrected chi connectivity index (χ0v) is 8.89. The Morgan fingerprint density at radius 2 is 2.31 bits per heavy atom. The summed E-state index contributed by atoms with van der Waals surface area (Å²) >= 11 is 5.83. The van der Waals surface area contributed by atoms with Crippen molar-refractivity contribution >= 4 is 11.6 Å². The van der Waals surface area contributed by atoms with Crippen molar-refractivity contribution in [3.63, 3.8) is 0 Å². The van der Waals surface area contributed by atoms with Gasteiger partial charge in [0, 0.05) is 5.02 Å². The number of hydrogen-bond acceptors (Lipinski definition) is 4. The van der Waals surface area contributed by atoms with Crippen LogP contribution in [0.1, 0.15) is 0 Å². The van der Waals surface area contributed by atoms with Crippen molar-refractivity contribution in [2.75, 3.05) is 0 Å². The van der Waals surface area contributed by atoms with E-state index in [4.69, 9.17) is 18.0 Å². The van der Waals surface area contributed by atoms with E-state index in [2.05, 4.69) is 21.4 Å². The minimum Gasteiger partial charge on any atom is -0.507 e. The first-order valence-corrected chi connectivity index (χ1v) is 4.78. The Kier molecular flexibility index (Phi) is 2.75. The van der Waals surface area contributed by atoms with Gasteiger partial charge in [-0.3, -0.25) is 0 Å². The molecule has 0 aliphatic carbocycles. The number of tetrazole rings is 1. The third-order valence-corrected chi connectivity index (χ3v) is 2.21. The number of aromatic hydroxyl groups is 1. The molecule has 0 amide bonds. The Morgan fingerprint density at radius 3 is 3.06 bits per heavy atom. The lowest BCUT2D eigenvalue weighted by Gasteiger charge is -2.03. The van der Waals surface area contributed by atoms with Gasteiger partial charge < -0.3 is 5.11 Å². The van der Waals surface area contributed by atoms with Crippen LogP contribution in [-0.2, 0) is 6.54 Å². The quantitative estimate of drug-likeness (QED) is 0.797. The Balaban J connectivity index is 2.54. The lowest BCUT2D eigenvalue weighted by atomic mass is 10.2. The van der Waals surface area contributed by atoms with Crippen LogP contribution in [0.4, 0.5) is 0 Å². The van der Waals surface area contributed by atoms with Crippen molar-refractivity contribution in [3.8, 4) is 29.5 Å². The molecule has 0 saturated heterocycles. The maximum absolute atomic E-state index is 9.68. The van der Waals surface area contributed by atoms with Crippen LogP contribution in [0.25, 0.3) is 11.4 Å². The maximum atomic E-state index is 9.68. The van der Waals surface area contributed by atoms with Crippen molar-refractivity contribution in [1.29, 1.82) is 0 Å². The molecule has 0 bridgehead atoms. The highest BCUT2D eigenvalue weighted by atomic mass is 35.5. The second kappa shape index (κ2) is 4.21. The lowest BCUT2D eigenvalue weighted by molar-refractivity contribution is 0.476. The number of phenolic OH excluding ortho intramolecular Hbond substituents is 1. The first-order chi connectivity index (χ1) is 7.72. The van der Waals surface area contributed by atoms with Gasteiger partial charge in [0.1, 0.15) is 12.3 Å². The number of hydrogen-bond donors (Lipinski definition) is 1. The predicted octanol–water partition coefficient (Wildman–Crippen LogP) is 1.33. The van der Waals surface area contributed by atoms with E-state index in [0.717, 1.165) is 0 Å². The van der Waals surface area contributed by atoms with Gasteiger partial charge in [-0.2, -0.15) is 0 Å². The molecule has 5 nitrogen and oxygen atoms in total. The number of aromatic nitrogens is 4. The van der Waals surface area contributed by atoms with Crippen LogP contribution in [0.15, 0.2) is 18.2 Å². The fourth-order valence-corrected chi connectivity index (χ4v) is 1.45. The molecule has 0 spiro atoms. The van der Waals surface area contributed by atoms with Crippen LogP contribution in [0.5, 0.6) is 5.75 Å². The molecule has 1 heterocycles. The third-order valence-electron chi connectivity index (χ3n) is 1.97. The topological polar surface area (TPSA) is 63.8 Å². The predicted molar refractivity (Wildman–Crippen MR) is 58.8 cm³/mol. The van der Waals surface area contributed by atoms with Crippen LogP contribution in [0.2, 0.25) is 5.02 Å². The van der Waals surface area contributed by atoms with Gasteiger partial charge in [0.2, 0.25) is 0 Å². The molecule has 0 radical (unpaired) electrons. The highest BCUT2D eigenvalue weighted by Gasteiger charge is 2.12. The Hall–Kier alpha value is -2.06. The Labute approximate surface area is 96.7 Å². The summed E-state index contributed by atoms with van der Waals surface area (Å²) in [7, 11) is 0. The number of halogens is 1. The Bertz CT molecular complexity index is 558. The fourth-order valence-electron chi connectivity index (χ4n) is 1.28. The molecule has 1 aromatic heterocycles. The highest BCUT2D eigenvalue weighted by molar-refractivity contribution is 6.30. The zero-order chi connectivity index (χ0) is 11.5. The highest BCUT2D eigenvalue weighted by Crippen LogP contribution is 2.29. The molecule has 6 heteroatoms. The van der Waals surface area contributed by atoms with E-state index in [1.54, 1.807) is 12.1 Å². The average Bonchev–Trinajstić information content (AvgIpc) is 2.70. The van der Waals surface area contributed by atoms with E-state index in [0.29, 0.717) is 16.4 Å². The molecule has 2 rings (SSSR count).